The fourth-order valence-corrected chi connectivity index (χ4v) is 1.55. The highest BCUT2D eigenvalue weighted by atomic mass is 16.5. The van der Waals surface area contributed by atoms with Gasteiger partial charge >= 0.3 is 0 Å². The first-order valence-electron chi connectivity index (χ1n) is 5.49. The Bertz CT molecular complexity index is 319. The van der Waals surface area contributed by atoms with E-state index < -0.39 is 0 Å². The van der Waals surface area contributed by atoms with E-state index in [-0.39, 0.29) is 18.2 Å². The molecule has 0 aliphatic heterocycles. The quantitative estimate of drug-likeness (QED) is 0.798. The van der Waals surface area contributed by atoms with Gasteiger partial charge in [-0.1, -0.05) is 24.3 Å². The number of ether oxygens (including phenoxy) is 1. The van der Waals surface area contributed by atoms with Gasteiger partial charge in [-0.2, -0.15) is 0 Å². The lowest BCUT2D eigenvalue weighted by Crippen LogP contribution is -2.25. The Morgan fingerprint density at radius 3 is 2.31 bits per heavy atom. The molecular formula is C13H21NO2. The van der Waals surface area contributed by atoms with Crippen LogP contribution in [0.15, 0.2) is 24.3 Å². The van der Waals surface area contributed by atoms with Crippen molar-refractivity contribution in [2.24, 2.45) is 5.73 Å². The van der Waals surface area contributed by atoms with Crippen molar-refractivity contribution in [3.8, 4) is 0 Å². The number of hydrogen-bond acceptors (Lipinski definition) is 3. The Morgan fingerprint density at radius 1 is 1.31 bits per heavy atom. The normalized spacial score (nSPS) is 13.8. The molecule has 3 nitrogen and oxygen atoms in total. The van der Waals surface area contributed by atoms with Crippen LogP contribution in [0.3, 0.4) is 0 Å². The molecule has 1 aromatic rings. The minimum atomic E-state index is -0.288. The highest BCUT2D eigenvalue weighted by Gasteiger charge is 2.16. The minimum Gasteiger partial charge on any atom is -0.394 e. The van der Waals surface area contributed by atoms with E-state index in [2.05, 4.69) is 13.8 Å². The van der Waals surface area contributed by atoms with Crippen LogP contribution in [0.2, 0.25) is 0 Å². The van der Waals surface area contributed by atoms with Crippen molar-refractivity contribution in [1.29, 1.82) is 0 Å². The maximum absolute atomic E-state index is 8.94. The molecule has 0 saturated heterocycles. The average molecular weight is 223 g/mol. The van der Waals surface area contributed by atoms with Gasteiger partial charge in [0.25, 0.3) is 0 Å². The number of benzene rings is 1. The van der Waals surface area contributed by atoms with Crippen LogP contribution >= 0.6 is 0 Å². The fourth-order valence-electron chi connectivity index (χ4n) is 1.55. The fraction of sp³-hybridized carbons (Fsp3) is 0.538. The molecule has 3 heteroatoms. The van der Waals surface area contributed by atoms with Gasteiger partial charge in [0.2, 0.25) is 0 Å². The van der Waals surface area contributed by atoms with E-state index >= 15 is 0 Å². The Hall–Kier alpha value is -0.900. The molecule has 3 N–H and O–H groups in total. The molecular weight excluding hydrogens is 202 g/mol. The molecule has 0 aliphatic rings. The molecule has 1 aromatic carbocycles. The van der Waals surface area contributed by atoms with Crippen molar-refractivity contribution in [3.05, 3.63) is 35.4 Å². The lowest BCUT2D eigenvalue weighted by atomic mass is 9.96. The molecule has 0 bridgehead atoms. The second kappa shape index (κ2) is 5.43. The summed E-state index contributed by atoms with van der Waals surface area (Å²) in [6.07, 6.45) is 0.859. The zero-order valence-corrected chi connectivity index (χ0v) is 10.2. The zero-order chi connectivity index (χ0) is 12.2. The molecule has 16 heavy (non-hydrogen) atoms. The van der Waals surface area contributed by atoms with E-state index in [4.69, 9.17) is 15.6 Å². The monoisotopic (exact) mass is 223 g/mol. The number of aliphatic hydroxyl groups excluding tert-OH is 1. The van der Waals surface area contributed by atoms with Crippen LogP contribution in [-0.2, 0) is 11.2 Å². The SMILES string of the molecule is COC(C)(C)Cc1ccc(C(N)CO)cc1. The van der Waals surface area contributed by atoms with E-state index in [1.807, 2.05) is 24.3 Å². The van der Waals surface area contributed by atoms with Crippen molar-refractivity contribution >= 4 is 0 Å². The lowest BCUT2D eigenvalue weighted by molar-refractivity contribution is 0.0232. The van der Waals surface area contributed by atoms with Crippen LogP contribution in [0.4, 0.5) is 0 Å². The van der Waals surface area contributed by atoms with Gasteiger partial charge in [0.05, 0.1) is 18.2 Å². The summed E-state index contributed by atoms with van der Waals surface area (Å²) in [7, 11) is 1.72. The predicted octanol–water partition coefficient (Wildman–Crippen LogP) is 1.65. The molecule has 0 fully saturated rings. The molecule has 0 heterocycles. The van der Waals surface area contributed by atoms with Crippen molar-refractivity contribution < 1.29 is 9.84 Å². The number of rotatable bonds is 5. The largest absolute Gasteiger partial charge is 0.394 e. The summed E-state index contributed by atoms with van der Waals surface area (Å²) in [5.74, 6) is 0. The van der Waals surface area contributed by atoms with Gasteiger partial charge < -0.3 is 15.6 Å². The number of hydrogen-bond donors (Lipinski definition) is 2. The van der Waals surface area contributed by atoms with Gasteiger partial charge in [-0.05, 0) is 25.0 Å². The molecule has 0 aliphatic carbocycles. The summed E-state index contributed by atoms with van der Waals surface area (Å²) >= 11 is 0. The predicted molar refractivity (Wildman–Crippen MR) is 65.2 cm³/mol. The van der Waals surface area contributed by atoms with Crippen LogP contribution in [0.5, 0.6) is 0 Å². The van der Waals surface area contributed by atoms with Crippen molar-refractivity contribution in [2.75, 3.05) is 13.7 Å². The summed E-state index contributed by atoms with van der Waals surface area (Å²) in [5, 5.41) is 8.94. The van der Waals surface area contributed by atoms with Crippen molar-refractivity contribution in [1.82, 2.24) is 0 Å². The highest BCUT2D eigenvalue weighted by molar-refractivity contribution is 5.25. The van der Waals surface area contributed by atoms with E-state index in [9.17, 15) is 0 Å². The molecule has 0 amide bonds. The van der Waals surface area contributed by atoms with E-state index in [0.29, 0.717) is 0 Å². The van der Waals surface area contributed by atoms with E-state index in [1.54, 1.807) is 7.11 Å². The number of methoxy groups -OCH3 is 1. The second-order valence-electron chi connectivity index (χ2n) is 4.67. The first-order chi connectivity index (χ1) is 7.48. The van der Waals surface area contributed by atoms with E-state index in [1.165, 1.54) is 5.56 Å². The molecule has 0 radical (unpaired) electrons. The van der Waals surface area contributed by atoms with Crippen LogP contribution in [0.1, 0.15) is 31.0 Å². The number of nitrogens with two attached hydrogens (primary N) is 1. The first kappa shape index (κ1) is 13.2. The number of aliphatic hydroxyl groups is 1. The molecule has 1 atom stereocenters. The summed E-state index contributed by atoms with van der Waals surface area (Å²) in [6, 6.07) is 7.70. The molecule has 0 spiro atoms. The Labute approximate surface area is 97.2 Å². The zero-order valence-electron chi connectivity index (χ0n) is 10.2. The van der Waals surface area contributed by atoms with Gasteiger partial charge in [-0.15, -0.1) is 0 Å². The highest BCUT2D eigenvalue weighted by Crippen LogP contribution is 2.18. The lowest BCUT2D eigenvalue weighted by Gasteiger charge is -2.23. The Kier molecular flexibility index (Phi) is 4.47. The third kappa shape index (κ3) is 3.59. The molecule has 1 rings (SSSR count). The van der Waals surface area contributed by atoms with E-state index in [0.717, 1.165) is 12.0 Å². The standard InChI is InChI=1S/C13H21NO2/c1-13(2,16-3)8-10-4-6-11(7-5-10)12(14)9-15/h4-7,12,15H,8-9,14H2,1-3H3. The van der Waals surface area contributed by atoms with Crippen LogP contribution in [0, 0.1) is 0 Å². The van der Waals surface area contributed by atoms with Crippen LogP contribution < -0.4 is 5.73 Å². The molecule has 90 valence electrons. The summed E-state index contributed by atoms with van der Waals surface area (Å²) < 4.78 is 5.38. The third-order valence-electron chi connectivity index (χ3n) is 2.79. The molecule has 1 unspecified atom stereocenters. The van der Waals surface area contributed by atoms with Crippen molar-refractivity contribution in [3.63, 3.8) is 0 Å². The molecule has 0 aromatic heterocycles. The van der Waals surface area contributed by atoms with Gasteiger partial charge in [-0.25, -0.2) is 0 Å². The molecule has 0 saturated carbocycles. The second-order valence-corrected chi connectivity index (χ2v) is 4.67. The van der Waals surface area contributed by atoms with Gasteiger partial charge in [0.1, 0.15) is 0 Å². The Balaban J connectivity index is 2.72. The van der Waals surface area contributed by atoms with Crippen LogP contribution in [-0.4, -0.2) is 24.4 Å². The van der Waals surface area contributed by atoms with Gasteiger partial charge in [-0.3, -0.25) is 0 Å². The summed E-state index contributed by atoms with van der Waals surface area (Å²) in [5.41, 5.74) is 7.74. The maximum Gasteiger partial charge on any atom is 0.0662 e. The topological polar surface area (TPSA) is 55.5 Å². The summed E-state index contributed by atoms with van der Waals surface area (Å²) in [4.78, 5) is 0. The Morgan fingerprint density at radius 2 is 1.88 bits per heavy atom. The third-order valence-corrected chi connectivity index (χ3v) is 2.79. The van der Waals surface area contributed by atoms with Crippen LogP contribution in [0.25, 0.3) is 0 Å². The smallest absolute Gasteiger partial charge is 0.0662 e. The maximum atomic E-state index is 8.94. The first-order valence-corrected chi connectivity index (χ1v) is 5.49. The minimum absolute atomic E-state index is 0.0249. The van der Waals surface area contributed by atoms with Gasteiger partial charge in [0.15, 0.2) is 0 Å². The average Bonchev–Trinajstić information content (AvgIpc) is 2.28. The summed E-state index contributed by atoms with van der Waals surface area (Å²) in [6.45, 7) is 4.09. The van der Waals surface area contributed by atoms with Crippen molar-refractivity contribution in [2.45, 2.75) is 31.9 Å². The van der Waals surface area contributed by atoms with Gasteiger partial charge in [0, 0.05) is 13.5 Å².